The van der Waals surface area contributed by atoms with Crippen molar-refractivity contribution in [2.75, 3.05) is 13.2 Å². The zero-order chi connectivity index (χ0) is 17.5. The van der Waals surface area contributed by atoms with Crippen LogP contribution in [0.15, 0.2) is 36.7 Å². The molecule has 1 atom stereocenters. The summed E-state index contributed by atoms with van der Waals surface area (Å²) < 4.78 is 24.2. The van der Waals surface area contributed by atoms with Gasteiger partial charge in [-0.15, -0.1) is 0 Å². The van der Waals surface area contributed by atoms with Gasteiger partial charge in [-0.25, -0.2) is 14.4 Å². The van der Waals surface area contributed by atoms with Gasteiger partial charge in [0.05, 0.1) is 0 Å². The van der Waals surface area contributed by atoms with Gasteiger partial charge in [-0.05, 0) is 31.4 Å². The highest BCUT2D eigenvalue weighted by Crippen LogP contribution is 2.24. The zero-order valence-corrected chi connectivity index (χ0v) is 13.8. The van der Waals surface area contributed by atoms with Gasteiger partial charge in [0.15, 0.2) is 24.0 Å². The Labute approximate surface area is 145 Å². The SMILES string of the molecule is O=C(COc1ccccc1F)NCc1cnc([C@H]2CCCCO2)nc1. The van der Waals surface area contributed by atoms with Gasteiger partial charge in [0.2, 0.25) is 0 Å². The zero-order valence-electron chi connectivity index (χ0n) is 13.8. The van der Waals surface area contributed by atoms with Crippen molar-refractivity contribution in [2.45, 2.75) is 31.9 Å². The van der Waals surface area contributed by atoms with Crippen molar-refractivity contribution in [3.63, 3.8) is 0 Å². The first-order valence-electron chi connectivity index (χ1n) is 8.29. The maximum atomic E-state index is 13.4. The first-order valence-corrected chi connectivity index (χ1v) is 8.29. The third-order valence-corrected chi connectivity index (χ3v) is 3.88. The average Bonchev–Trinajstić information content (AvgIpc) is 2.67. The third kappa shape index (κ3) is 4.96. The highest BCUT2D eigenvalue weighted by Gasteiger charge is 2.18. The molecule has 1 saturated heterocycles. The normalized spacial score (nSPS) is 17.1. The van der Waals surface area contributed by atoms with E-state index in [0.717, 1.165) is 31.4 Å². The van der Waals surface area contributed by atoms with Crippen molar-refractivity contribution in [1.82, 2.24) is 15.3 Å². The molecule has 1 aliphatic heterocycles. The number of nitrogens with zero attached hydrogens (tertiary/aromatic N) is 2. The van der Waals surface area contributed by atoms with E-state index in [1.54, 1.807) is 24.5 Å². The van der Waals surface area contributed by atoms with Gasteiger partial charge in [-0.2, -0.15) is 0 Å². The number of hydrogen-bond donors (Lipinski definition) is 1. The Kier molecular flexibility index (Phi) is 5.90. The number of carbonyl (C=O) groups is 1. The van der Waals surface area contributed by atoms with Crippen molar-refractivity contribution in [2.24, 2.45) is 0 Å². The van der Waals surface area contributed by atoms with Gasteiger partial charge in [-0.1, -0.05) is 12.1 Å². The van der Waals surface area contributed by atoms with Crippen LogP contribution in [0.2, 0.25) is 0 Å². The fraction of sp³-hybridized carbons (Fsp3) is 0.389. The number of ether oxygens (including phenoxy) is 2. The molecule has 0 aliphatic carbocycles. The molecule has 3 rings (SSSR count). The Morgan fingerprint density at radius 3 is 2.80 bits per heavy atom. The van der Waals surface area contributed by atoms with Crippen LogP contribution in [-0.2, 0) is 16.1 Å². The summed E-state index contributed by atoms with van der Waals surface area (Å²) in [6.45, 7) is 0.773. The Morgan fingerprint density at radius 2 is 2.08 bits per heavy atom. The predicted molar refractivity (Wildman–Crippen MR) is 88.3 cm³/mol. The maximum Gasteiger partial charge on any atom is 0.258 e. The second kappa shape index (κ2) is 8.53. The van der Waals surface area contributed by atoms with Crippen LogP contribution in [0.3, 0.4) is 0 Å². The number of para-hydroxylation sites is 1. The van der Waals surface area contributed by atoms with Gasteiger partial charge in [0.25, 0.3) is 5.91 Å². The van der Waals surface area contributed by atoms with Crippen molar-refractivity contribution in [3.8, 4) is 5.75 Å². The van der Waals surface area contributed by atoms with Gasteiger partial charge in [0, 0.05) is 31.1 Å². The molecular weight excluding hydrogens is 325 g/mol. The molecule has 25 heavy (non-hydrogen) atoms. The fourth-order valence-corrected chi connectivity index (χ4v) is 2.52. The molecule has 132 valence electrons. The first-order chi connectivity index (χ1) is 12.2. The van der Waals surface area contributed by atoms with Crippen LogP contribution < -0.4 is 10.1 Å². The van der Waals surface area contributed by atoms with Crippen LogP contribution in [0.1, 0.15) is 36.8 Å². The highest BCUT2D eigenvalue weighted by molar-refractivity contribution is 5.77. The molecule has 6 nitrogen and oxygen atoms in total. The van der Waals surface area contributed by atoms with E-state index in [1.807, 2.05) is 0 Å². The fourth-order valence-electron chi connectivity index (χ4n) is 2.52. The number of rotatable bonds is 6. The van der Waals surface area contributed by atoms with Crippen LogP contribution in [0.25, 0.3) is 0 Å². The molecule has 2 heterocycles. The largest absolute Gasteiger partial charge is 0.481 e. The van der Waals surface area contributed by atoms with E-state index in [9.17, 15) is 9.18 Å². The summed E-state index contributed by atoms with van der Waals surface area (Å²) in [5, 5.41) is 2.69. The van der Waals surface area contributed by atoms with E-state index in [-0.39, 0.29) is 30.9 Å². The molecule has 7 heteroatoms. The Hall–Kier alpha value is -2.54. The molecule has 0 radical (unpaired) electrons. The molecule has 0 bridgehead atoms. The van der Waals surface area contributed by atoms with Crippen molar-refractivity contribution < 1.29 is 18.7 Å². The van der Waals surface area contributed by atoms with E-state index in [2.05, 4.69) is 15.3 Å². The molecular formula is C18H20FN3O3. The van der Waals surface area contributed by atoms with Crippen molar-refractivity contribution >= 4 is 5.91 Å². The summed E-state index contributed by atoms with van der Waals surface area (Å²) in [5.74, 6) is -0.109. The molecule has 1 aliphatic rings. The van der Waals surface area contributed by atoms with E-state index in [0.29, 0.717) is 5.82 Å². The summed E-state index contributed by atoms with van der Waals surface area (Å²) >= 11 is 0. The minimum absolute atomic E-state index is 0.0356. The number of nitrogens with one attached hydrogen (secondary N) is 1. The Bertz CT molecular complexity index is 703. The lowest BCUT2D eigenvalue weighted by Crippen LogP contribution is -2.28. The molecule has 0 spiro atoms. The Morgan fingerprint density at radius 1 is 1.28 bits per heavy atom. The van der Waals surface area contributed by atoms with E-state index in [1.165, 1.54) is 12.1 Å². The minimum atomic E-state index is -0.496. The van der Waals surface area contributed by atoms with Gasteiger partial charge < -0.3 is 14.8 Å². The quantitative estimate of drug-likeness (QED) is 0.871. The lowest BCUT2D eigenvalue weighted by molar-refractivity contribution is -0.123. The lowest BCUT2D eigenvalue weighted by atomic mass is 10.1. The number of amides is 1. The number of carbonyl (C=O) groups excluding carboxylic acids is 1. The maximum absolute atomic E-state index is 13.4. The summed E-state index contributed by atoms with van der Waals surface area (Å²) in [5.41, 5.74) is 0.777. The summed E-state index contributed by atoms with van der Waals surface area (Å²) in [6.07, 6.45) is 6.45. The lowest BCUT2D eigenvalue weighted by Gasteiger charge is -2.21. The standard InChI is InChI=1S/C18H20FN3O3/c19-14-5-1-2-6-15(14)25-12-17(23)20-9-13-10-21-18(22-11-13)16-7-3-4-8-24-16/h1-2,5-6,10-11,16H,3-4,7-9,12H2,(H,20,23)/t16-/m1/s1. The molecule has 0 unspecified atom stereocenters. The highest BCUT2D eigenvalue weighted by atomic mass is 19.1. The molecule has 0 saturated carbocycles. The first kappa shape index (κ1) is 17.3. The second-order valence-electron chi connectivity index (χ2n) is 5.80. The molecule has 1 amide bonds. The smallest absolute Gasteiger partial charge is 0.258 e. The van der Waals surface area contributed by atoms with Crippen molar-refractivity contribution in [3.05, 3.63) is 53.9 Å². The number of halogens is 1. The van der Waals surface area contributed by atoms with Crippen LogP contribution in [0, 0.1) is 5.82 Å². The monoisotopic (exact) mass is 345 g/mol. The van der Waals surface area contributed by atoms with E-state index >= 15 is 0 Å². The molecule has 1 aromatic heterocycles. The second-order valence-corrected chi connectivity index (χ2v) is 5.80. The van der Waals surface area contributed by atoms with Crippen LogP contribution in [-0.4, -0.2) is 29.1 Å². The van der Waals surface area contributed by atoms with Crippen molar-refractivity contribution in [1.29, 1.82) is 0 Å². The summed E-state index contributed by atoms with van der Waals surface area (Å²) in [7, 11) is 0. The van der Waals surface area contributed by atoms with E-state index < -0.39 is 5.82 Å². The molecule has 1 fully saturated rings. The van der Waals surface area contributed by atoms with Crippen LogP contribution >= 0.6 is 0 Å². The van der Waals surface area contributed by atoms with Gasteiger partial charge >= 0.3 is 0 Å². The van der Waals surface area contributed by atoms with E-state index in [4.69, 9.17) is 9.47 Å². The van der Waals surface area contributed by atoms with Crippen LogP contribution in [0.4, 0.5) is 4.39 Å². The molecule has 1 N–H and O–H groups in total. The Balaban J connectivity index is 1.44. The van der Waals surface area contributed by atoms with Gasteiger partial charge in [0.1, 0.15) is 6.10 Å². The number of benzene rings is 1. The number of aromatic nitrogens is 2. The third-order valence-electron chi connectivity index (χ3n) is 3.88. The summed E-state index contributed by atoms with van der Waals surface area (Å²) in [6, 6.07) is 5.96. The predicted octanol–water partition coefficient (Wildman–Crippen LogP) is 2.55. The molecule has 1 aromatic carbocycles. The summed E-state index contributed by atoms with van der Waals surface area (Å²) in [4.78, 5) is 20.4. The number of hydrogen-bond acceptors (Lipinski definition) is 5. The average molecular weight is 345 g/mol. The minimum Gasteiger partial charge on any atom is -0.481 e. The molecule has 2 aromatic rings. The van der Waals surface area contributed by atoms with Gasteiger partial charge in [-0.3, -0.25) is 4.79 Å². The van der Waals surface area contributed by atoms with Crippen LogP contribution in [0.5, 0.6) is 5.75 Å². The topological polar surface area (TPSA) is 73.3 Å².